The van der Waals surface area contributed by atoms with Gasteiger partial charge >= 0.3 is 6.03 Å². The molecule has 3 aromatic heterocycles. The zero-order valence-corrected chi connectivity index (χ0v) is 24.3. The number of nitrogens with one attached hydrogen (secondary N) is 2. The molecule has 11 nitrogen and oxygen atoms in total. The van der Waals surface area contributed by atoms with Crippen molar-refractivity contribution in [2.24, 2.45) is 5.92 Å². The van der Waals surface area contributed by atoms with Crippen molar-refractivity contribution >= 4 is 17.6 Å². The van der Waals surface area contributed by atoms with E-state index in [2.05, 4.69) is 20.8 Å². The van der Waals surface area contributed by atoms with Crippen LogP contribution in [0.4, 0.5) is 22.4 Å². The number of nitrogens with zero attached hydrogens (tertiary/aromatic N) is 6. The molecule has 43 heavy (non-hydrogen) atoms. The van der Waals surface area contributed by atoms with Crippen LogP contribution in [0.1, 0.15) is 85.8 Å². The fraction of sp³-hybridized carbons (Fsp3) is 0.607. The van der Waals surface area contributed by atoms with Gasteiger partial charge in [-0.05, 0) is 56.7 Å². The molecule has 2 N–H and O–H groups in total. The second-order valence-electron chi connectivity index (χ2n) is 11.6. The Kier molecular flexibility index (Phi) is 8.63. The minimum atomic E-state index is -3.11. The lowest BCUT2D eigenvalue weighted by molar-refractivity contribution is -0.0495. The molecule has 3 aromatic rings. The lowest BCUT2D eigenvalue weighted by Crippen LogP contribution is -2.57. The van der Waals surface area contributed by atoms with Crippen LogP contribution in [-0.4, -0.2) is 79.9 Å². The number of alkyl halides is 4. The monoisotopic (exact) mass is 608 g/mol. The van der Waals surface area contributed by atoms with Crippen molar-refractivity contribution in [2.75, 3.05) is 26.8 Å². The Hall–Kier alpha value is -3.75. The predicted molar refractivity (Wildman–Crippen MR) is 147 cm³/mol. The van der Waals surface area contributed by atoms with E-state index < -0.39 is 49.0 Å². The molecule has 3 amide bonds. The lowest BCUT2D eigenvalue weighted by Gasteiger charge is -2.38. The third-order valence-corrected chi connectivity index (χ3v) is 8.11. The largest absolute Gasteiger partial charge is 0.385 e. The van der Waals surface area contributed by atoms with Crippen molar-refractivity contribution in [3.05, 3.63) is 47.7 Å². The first-order chi connectivity index (χ1) is 20.4. The first-order valence-corrected chi connectivity index (χ1v) is 14.4. The summed E-state index contributed by atoms with van der Waals surface area (Å²) >= 11 is 0. The van der Waals surface area contributed by atoms with Crippen LogP contribution in [0.15, 0.2) is 30.7 Å². The smallest absolute Gasteiger partial charge is 0.318 e. The number of carbonyl (C=O) groups is 2. The summed E-state index contributed by atoms with van der Waals surface area (Å²) in [5, 5.41) is 13.9. The Bertz CT molecular complexity index is 1450. The van der Waals surface area contributed by atoms with Gasteiger partial charge in [0, 0.05) is 38.8 Å². The molecule has 0 bridgehead atoms. The van der Waals surface area contributed by atoms with Crippen LogP contribution in [-0.2, 0) is 4.74 Å². The average molecular weight is 609 g/mol. The Morgan fingerprint density at radius 1 is 1.19 bits per heavy atom. The Labute approximate surface area is 246 Å². The fourth-order valence-corrected chi connectivity index (χ4v) is 5.86. The molecule has 234 valence electrons. The van der Waals surface area contributed by atoms with Gasteiger partial charge in [-0.3, -0.25) is 9.48 Å². The molecule has 0 unspecified atom stereocenters. The first-order valence-electron chi connectivity index (χ1n) is 14.4. The number of urea groups is 1. The summed E-state index contributed by atoms with van der Waals surface area (Å²) in [5.74, 6) is -6.58. The average Bonchev–Trinajstić information content (AvgIpc) is 3.61. The molecule has 0 aromatic carbocycles. The maximum absolute atomic E-state index is 14.3. The van der Waals surface area contributed by atoms with Gasteiger partial charge in [0.05, 0.1) is 43.3 Å². The number of fused-ring (bicyclic) bond motifs is 1. The van der Waals surface area contributed by atoms with Gasteiger partial charge in [-0.1, -0.05) is 0 Å². The second kappa shape index (κ2) is 12.1. The van der Waals surface area contributed by atoms with E-state index in [1.165, 1.54) is 24.0 Å². The highest BCUT2D eigenvalue weighted by Crippen LogP contribution is 2.41. The third kappa shape index (κ3) is 6.76. The molecule has 1 aliphatic carbocycles. The van der Waals surface area contributed by atoms with Crippen LogP contribution in [0, 0.1) is 5.92 Å². The van der Waals surface area contributed by atoms with E-state index in [9.17, 15) is 27.2 Å². The van der Waals surface area contributed by atoms with Crippen LogP contribution < -0.4 is 10.6 Å². The van der Waals surface area contributed by atoms with E-state index in [0.29, 0.717) is 22.6 Å². The number of halogens is 4. The number of imidazole rings is 1. The number of methoxy groups -OCH3 is 1. The molecule has 2 atom stereocenters. The van der Waals surface area contributed by atoms with E-state index in [4.69, 9.17) is 9.72 Å². The van der Waals surface area contributed by atoms with Crippen molar-refractivity contribution < 1.29 is 31.9 Å². The zero-order valence-electron chi connectivity index (χ0n) is 24.3. The molecule has 4 heterocycles. The Balaban J connectivity index is 1.47. The summed E-state index contributed by atoms with van der Waals surface area (Å²) in [7, 11) is 1.48. The minimum absolute atomic E-state index is 0.0756. The number of carbonyl (C=O) groups excluding carboxylic acids is 2. The number of hydrogen-bond acceptors (Lipinski definition) is 6. The van der Waals surface area contributed by atoms with Gasteiger partial charge in [-0.15, -0.1) is 0 Å². The van der Waals surface area contributed by atoms with Gasteiger partial charge in [0.1, 0.15) is 5.69 Å². The van der Waals surface area contributed by atoms with Gasteiger partial charge in [0.25, 0.3) is 11.8 Å². The topological polar surface area (TPSA) is 119 Å². The summed E-state index contributed by atoms with van der Waals surface area (Å²) in [6.45, 7) is 2.50. The highest BCUT2D eigenvalue weighted by molar-refractivity contribution is 5.92. The SMILES string of the molecule is COCC[C@H](c1cnn2cc([C@@H](NC(=O)c3ccnn3C(C)C)C3CCC(F)(F)CC3)nc2c1)N1CC(F)(F)CNC1=O. The summed E-state index contributed by atoms with van der Waals surface area (Å²) in [4.78, 5) is 31.8. The standard InChI is InChI=1S/C28H36F4N8O3/c1-17(2)40-22(6-10-34-40)25(41)37-24(18-4-8-27(29,30)9-5-18)20-14-39-23(36-20)12-19(13-35-39)21(7-11-43-3)38-16-28(31,32)15-33-26(38)42/h6,10,12-14,17-18,21,24H,4-5,7-9,11,15-16H2,1-3H3,(H,33,42)(H,37,41)/t21-,24+/m1/s1. The van der Waals surface area contributed by atoms with Crippen LogP contribution in [0.3, 0.4) is 0 Å². The van der Waals surface area contributed by atoms with Crippen LogP contribution in [0.2, 0.25) is 0 Å². The first kappa shape index (κ1) is 30.7. The van der Waals surface area contributed by atoms with Crippen molar-refractivity contribution in [1.82, 2.24) is 39.9 Å². The molecule has 1 saturated heterocycles. The number of amides is 3. The molecule has 2 fully saturated rings. The van der Waals surface area contributed by atoms with E-state index in [-0.39, 0.29) is 50.7 Å². The van der Waals surface area contributed by atoms with Crippen LogP contribution in [0.5, 0.6) is 0 Å². The highest BCUT2D eigenvalue weighted by atomic mass is 19.3. The van der Waals surface area contributed by atoms with Crippen LogP contribution in [0.25, 0.3) is 5.65 Å². The molecule has 0 spiro atoms. The maximum atomic E-state index is 14.3. The normalized spacial score (nSPS) is 20.3. The number of hydrogen-bond donors (Lipinski definition) is 2. The summed E-state index contributed by atoms with van der Waals surface area (Å²) < 4.78 is 64.9. The van der Waals surface area contributed by atoms with Crippen molar-refractivity contribution in [3.63, 3.8) is 0 Å². The summed E-state index contributed by atoms with van der Waals surface area (Å²) in [6, 6.07) is 1.09. The van der Waals surface area contributed by atoms with Gasteiger partial charge in [0.2, 0.25) is 5.92 Å². The quantitative estimate of drug-likeness (QED) is 0.327. The van der Waals surface area contributed by atoms with Gasteiger partial charge in [-0.2, -0.15) is 10.2 Å². The molecular formula is C28H36F4N8O3. The number of rotatable bonds is 10. The molecule has 1 aliphatic heterocycles. The van der Waals surface area contributed by atoms with E-state index in [1.54, 1.807) is 23.0 Å². The number of aromatic nitrogens is 5. The molecule has 1 saturated carbocycles. The minimum Gasteiger partial charge on any atom is -0.385 e. The van der Waals surface area contributed by atoms with Gasteiger partial charge in [-0.25, -0.2) is 31.9 Å². The number of ether oxygens (including phenoxy) is 1. The molecule has 0 radical (unpaired) electrons. The van der Waals surface area contributed by atoms with Crippen molar-refractivity contribution in [2.45, 2.75) is 75.9 Å². The summed E-state index contributed by atoms with van der Waals surface area (Å²) in [5.41, 5.74) is 1.60. The van der Waals surface area contributed by atoms with Gasteiger partial charge < -0.3 is 20.3 Å². The van der Waals surface area contributed by atoms with E-state index in [1.807, 2.05) is 13.8 Å². The molecule has 15 heteroatoms. The Morgan fingerprint density at radius 3 is 2.63 bits per heavy atom. The molecular weight excluding hydrogens is 572 g/mol. The van der Waals surface area contributed by atoms with Crippen molar-refractivity contribution in [1.29, 1.82) is 0 Å². The maximum Gasteiger partial charge on any atom is 0.318 e. The van der Waals surface area contributed by atoms with E-state index in [0.717, 1.165) is 4.90 Å². The predicted octanol–water partition coefficient (Wildman–Crippen LogP) is 4.54. The van der Waals surface area contributed by atoms with E-state index >= 15 is 0 Å². The summed E-state index contributed by atoms with van der Waals surface area (Å²) in [6.07, 6.45) is 4.65. The van der Waals surface area contributed by atoms with Crippen LogP contribution >= 0.6 is 0 Å². The fourth-order valence-electron chi connectivity index (χ4n) is 5.86. The molecule has 5 rings (SSSR count). The Morgan fingerprint density at radius 2 is 1.93 bits per heavy atom. The third-order valence-electron chi connectivity index (χ3n) is 8.11. The van der Waals surface area contributed by atoms with Gasteiger partial charge in [0.15, 0.2) is 5.65 Å². The zero-order chi connectivity index (χ0) is 30.9. The second-order valence-corrected chi connectivity index (χ2v) is 11.6. The lowest BCUT2D eigenvalue weighted by atomic mass is 9.81. The molecule has 2 aliphatic rings. The van der Waals surface area contributed by atoms with Crippen molar-refractivity contribution in [3.8, 4) is 0 Å². The highest BCUT2D eigenvalue weighted by Gasteiger charge is 2.42.